The molecule has 4 heteroatoms. The lowest BCUT2D eigenvalue weighted by Crippen LogP contribution is -2.06. The molecule has 0 saturated carbocycles. The van der Waals surface area contributed by atoms with Gasteiger partial charge in [0.2, 0.25) is 0 Å². The first kappa shape index (κ1) is 15.0. The van der Waals surface area contributed by atoms with Gasteiger partial charge in [-0.2, -0.15) is 0 Å². The van der Waals surface area contributed by atoms with E-state index in [0.29, 0.717) is 0 Å². The summed E-state index contributed by atoms with van der Waals surface area (Å²) in [5.41, 5.74) is 2.19. The first-order valence-electron chi connectivity index (χ1n) is 6.85. The van der Waals surface area contributed by atoms with Crippen molar-refractivity contribution in [1.29, 1.82) is 0 Å². The van der Waals surface area contributed by atoms with Gasteiger partial charge in [-0.05, 0) is 36.2 Å². The molecule has 2 rings (SSSR count). The van der Waals surface area contributed by atoms with E-state index in [1.807, 2.05) is 30.3 Å². The van der Waals surface area contributed by atoms with Crippen LogP contribution in [0.1, 0.15) is 5.56 Å². The molecule has 0 radical (unpaired) electrons. The topological polar surface area (TPSA) is 39.7 Å². The van der Waals surface area contributed by atoms with Gasteiger partial charge < -0.3 is 19.5 Å². The molecular weight excluding hydrogens is 266 g/mol. The normalized spacial score (nSPS) is 10.0. The number of ether oxygens (including phenoxy) is 3. The summed E-state index contributed by atoms with van der Waals surface area (Å²) in [5, 5.41) is 3.38. The standard InChI is InChI=1S/C17H21NO3/c1-19-14-6-4-13(5-7-14)10-11-18-16-12-15(20-2)8-9-17(16)21-3/h4-9,12,18H,10-11H2,1-3H3. The molecule has 0 aliphatic rings. The Bertz CT molecular complexity index is 567. The summed E-state index contributed by atoms with van der Waals surface area (Å²) in [4.78, 5) is 0. The average Bonchev–Trinajstić information content (AvgIpc) is 2.55. The summed E-state index contributed by atoms with van der Waals surface area (Å²) in [6.45, 7) is 0.815. The van der Waals surface area contributed by atoms with Crippen LogP contribution in [0.3, 0.4) is 0 Å². The highest BCUT2D eigenvalue weighted by Gasteiger charge is 2.04. The van der Waals surface area contributed by atoms with Crippen LogP contribution in [0.2, 0.25) is 0 Å². The second-order valence-electron chi connectivity index (χ2n) is 4.59. The minimum Gasteiger partial charge on any atom is -0.497 e. The monoisotopic (exact) mass is 287 g/mol. The van der Waals surface area contributed by atoms with Gasteiger partial charge in [-0.25, -0.2) is 0 Å². The molecule has 0 aromatic heterocycles. The zero-order valence-corrected chi connectivity index (χ0v) is 12.7. The zero-order valence-electron chi connectivity index (χ0n) is 12.7. The van der Waals surface area contributed by atoms with Crippen LogP contribution < -0.4 is 19.5 Å². The van der Waals surface area contributed by atoms with Crippen LogP contribution in [0.4, 0.5) is 5.69 Å². The van der Waals surface area contributed by atoms with E-state index in [1.165, 1.54) is 5.56 Å². The van der Waals surface area contributed by atoms with Gasteiger partial charge in [-0.1, -0.05) is 12.1 Å². The second-order valence-corrected chi connectivity index (χ2v) is 4.59. The minimum absolute atomic E-state index is 0.808. The summed E-state index contributed by atoms with van der Waals surface area (Å²) in [7, 11) is 4.99. The molecule has 1 N–H and O–H groups in total. The van der Waals surface area contributed by atoms with Crippen LogP contribution in [0.25, 0.3) is 0 Å². The van der Waals surface area contributed by atoms with Crippen molar-refractivity contribution in [2.24, 2.45) is 0 Å². The molecule has 0 heterocycles. The molecule has 0 spiro atoms. The number of anilines is 1. The van der Waals surface area contributed by atoms with Crippen molar-refractivity contribution in [2.75, 3.05) is 33.2 Å². The van der Waals surface area contributed by atoms with E-state index < -0.39 is 0 Å². The minimum atomic E-state index is 0.808. The molecule has 0 aliphatic heterocycles. The molecule has 0 fully saturated rings. The van der Waals surface area contributed by atoms with E-state index in [4.69, 9.17) is 14.2 Å². The highest BCUT2D eigenvalue weighted by molar-refractivity contribution is 5.59. The number of methoxy groups -OCH3 is 3. The molecule has 0 bridgehead atoms. The average molecular weight is 287 g/mol. The van der Waals surface area contributed by atoms with Crippen LogP contribution in [0, 0.1) is 0 Å². The predicted octanol–water partition coefficient (Wildman–Crippen LogP) is 3.37. The van der Waals surface area contributed by atoms with E-state index in [9.17, 15) is 0 Å². The first-order valence-corrected chi connectivity index (χ1v) is 6.85. The molecule has 0 unspecified atom stereocenters. The van der Waals surface area contributed by atoms with Crippen molar-refractivity contribution < 1.29 is 14.2 Å². The molecule has 112 valence electrons. The van der Waals surface area contributed by atoms with E-state index in [2.05, 4.69) is 17.4 Å². The van der Waals surface area contributed by atoms with Crippen LogP contribution in [-0.4, -0.2) is 27.9 Å². The summed E-state index contributed by atoms with van der Waals surface area (Å²) < 4.78 is 15.7. The summed E-state index contributed by atoms with van der Waals surface area (Å²) >= 11 is 0. The van der Waals surface area contributed by atoms with Crippen molar-refractivity contribution in [1.82, 2.24) is 0 Å². The van der Waals surface area contributed by atoms with E-state index in [0.717, 1.165) is 35.9 Å². The molecule has 21 heavy (non-hydrogen) atoms. The largest absolute Gasteiger partial charge is 0.497 e. The molecule has 2 aromatic rings. The van der Waals surface area contributed by atoms with Gasteiger partial charge in [0.1, 0.15) is 17.2 Å². The molecule has 2 aromatic carbocycles. The van der Waals surface area contributed by atoms with Crippen molar-refractivity contribution in [3.05, 3.63) is 48.0 Å². The van der Waals surface area contributed by atoms with Crippen LogP contribution in [0.5, 0.6) is 17.2 Å². The summed E-state index contributed by atoms with van der Waals surface area (Å²) in [6.07, 6.45) is 0.921. The van der Waals surface area contributed by atoms with Gasteiger partial charge in [0.15, 0.2) is 0 Å². The van der Waals surface area contributed by atoms with Crippen LogP contribution in [-0.2, 0) is 6.42 Å². The Morgan fingerprint density at radius 1 is 0.810 bits per heavy atom. The van der Waals surface area contributed by atoms with E-state index >= 15 is 0 Å². The van der Waals surface area contributed by atoms with E-state index in [1.54, 1.807) is 21.3 Å². The lowest BCUT2D eigenvalue weighted by molar-refractivity contribution is 0.404. The Hall–Kier alpha value is -2.36. The van der Waals surface area contributed by atoms with Gasteiger partial charge in [-0.3, -0.25) is 0 Å². The maximum absolute atomic E-state index is 5.34. The Labute approximate surface area is 125 Å². The number of hydrogen-bond donors (Lipinski definition) is 1. The lowest BCUT2D eigenvalue weighted by Gasteiger charge is -2.12. The van der Waals surface area contributed by atoms with Gasteiger partial charge in [0.25, 0.3) is 0 Å². The number of hydrogen-bond acceptors (Lipinski definition) is 4. The fraction of sp³-hybridized carbons (Fsp3) is 0.294. The molecule has 0 aliphatic carbocycles. The quantitative estimate of drug-likeness (QED) is 0.847. The Balaban J connectivity index is 1.95. The van der Waals surface area contributed by atoms with E-state index in [-0.39, 0.29) is 0 Å². The Morgan fingerprint density at radius 2 is 1.48 bits per heavy atom. The Kier molecular flexibility index (Phi) is 5.32. The highest BCUT2D eigenvalue weighted by atomic mass is 16.5. The summed E-state index contributed by atoms with van der Waals surface area (Å²) in [6, 6.07) is 13.8. The molecule has 0 atom stereocenters. The third-order valence-corrected chi connectivity index (χ3v) is 3.29. The van der Waals surface area contributed by atoms with Crippen LogP contribution >= 0.6 is 0 Å². The van der Waals surface area contributed by atoms with Crippen molar-refractivity contribution in [2.45, 2.75) is 6.42 Å². The third-order valence-electron chi connectivity index (χ3n) is 3.29. The van der Waals surface area contributed by atoms with Crippen molar-refractivity contribution in [3.63, 3.8) is 0 Å². The summed E-state index contributed by atoms with van der Waals surface area (Å²) in [5.74, 6) is 2.49. The number of benzene rings is 2. The molecule has 0 amide bonds. The van der Waals surface area contributed by atoms with Gasteiger partial charge in [0, 0.05) is 12.6 Å². The second kappa shape index (κ2) is 7.43. The highest BCUT2D eigenvalue weighted by Crippen LogP contribution is 2.28. The molecular formula is C17H21NO3. The Morgan fingerprint density at radius 3 is 2.10 bits per heavy atom. The molecule has 4 nitrogen and oxygen atoms in total. The zero-order chi connectivity index (χ0) is 15.1. The third kappa shape index (κ3) is 4.05. The smallest absolute Gasteiger partial charge is 0.142 e. The van der Waals surface area contributed by atoms with Gasteiger partial charge >= 0.3 is 0 Å². The van der Waals surface area contributed by atoms with Crippen LogP contribution in [0.15, 0.2) is 42.5 Å². The van der Waals surface area contributed by atoms with Gasteiger partial charge in [0.05, 0.1) is 27.0 Å². The fourth-order valence-corrected chi connectivity index (χ4v) is 2.09. The SMILES string of the molecule is COc1ccc(CCNc2cc(OC)ccc2OC)cc1. The fourth-order valence-electron chi connectivity index (χ4n) is 2.09. The van der Waals surface area contributed by atoms with Gasteiger partial charge in [-0.15, -0.1) is 0 Å². The molecule has 0 saturated heterocycles. The number of rotatable bonds is 7. The van der Waals surface area contributed by atoms with Crippen molar-refractivity contribution in [3.8, 4) is 17.2 Å². The lowest BCUT2D eigenvalue weighted by atomic mass is 10.1. The maximum Gasteiger partial charge on any atom is 0.142 e. The predicted molar refractivity (Wildman–Crippen MR) is 84.7 cm³/mol. The number of nitrogens with one attached hydrogen (secondary N) is 1. The maximum atomic E-state index is 5.34. The van der Waals surface area contributed by atoms with Crippen molar-refractivity contribution >= 4 is 5.69 Å². The first-order chi connectivity index (χ1) is 10.3.